The molecule has 0 spiro atoms. The number of H-pyrrole nitrogens is 1. The lowest BCUT2D eigenvalue weighted by Gasteiger charge is -2.41. The summed E-state index contributed by atoms with van der Waals surface area (Å²) >= 11 is 6.33. The number of ether oxygens (including phenoxy) is 1. The lowest BCUT2D eigenvalue weighted by atomic mass is 9.73. The van der Waals surface area contributed by atoms with Gasteiger partial charge in [0.15, 0.2) is 0 Å². The van der Waals surface area contributed by atoms with Gasteiger partial charge in [-0.3, -0.25) is 5.10 Å². The molecule has 4 rings (SSSR count). The maximum absolute atomic E-state index is 6.46. The predicted octanol–water partition coefficient (Wildman–Crippen LogP) is 3.75. The van der Waals surface area contributed by atoms with E-state index in [0.717, 1.165) is 42.4 Å². The van der Waals surface area contributed by atoms with E-state index in [4.69, 9.17) is 24.2 Å². The van der Waals surface area contributed by atoms with Gasteiger partial charge in [0.2, 0.25) is 0 Å². The van der Waals surface area contributed by atoms with E-state index in [2.05, 4.69) is 59.4 Å². The van der Waals surface area contributed by atoms with E-state index in [0.29, 0.717) is 17.2 Å². The molecular weight excluding hydrogens is 369 g/mol. The van der Waals surface area contributed by atoms with Crippen molar-refractivity contribution < 1.29 is 4.74 Å². The summed E-state index contributed by atoms with van der Waals surface area (Å²) in [5.74, 6) is 0. The summed E-state index contributed by atoms with van der Waals surface area (Å²) in [7, 11) is 8.18. The van der Waals surface area contributed by atoms with Crippen LogP contribution >= 0.6 is 11.6 Å². The molecule has 1 aromatic heterocycles. The molecular formula is C22H25BClN3O. The normalized spacial score (nSPS) is 18.4. The number of nitrogens with zero attached hydrogens (tertiary/aromatic N) is 2. The van der Waals surface area contributed by atoms with Crippen molar-refractivity contribution in [1.29, 1.82) is 0 Å². The van der Waals surface area contributed by atoms with Gasteiger partial charge in [-0.15, -0.1) is 0 Å². The topological polar surface area (TPSA) is 41.1 Å². The van der Waals surface area contributed by atoms with E-state index in [-0.39, 0.29) is 11.5 Å². The molecule has 0 aliphatic carbocycles. The van der Waals surface area contributed by atoms with Crippen LogP contribution in [0.5, 0.6) is 0 Å². The maximum atomic E-state index is 6.46. The molecule has 4 nitrogen and oxygen atoms in total. The van der Waals surface area contributed by atoms with Crippen molar-refractivity contribution in [2.24, 2.45) is 0 Å². The molecule has 0 bridgehead atoms. The number of aromatic nitrogens is 2. The fourth-order valence-electron chi connectivity index (χ4n) is 4.17. The number of halogens is 1. The van der Waals surface area contributed by atoms with E-state index >= 15 is 0 Å². The van der Waals surface area contributed by atoms with E-state index in [9.17, 15) is 0 Å². The van der Waals surface area contributed by atoms with Crippen LogP contribution in [0.4, 0.5) is 0 Å². The quantitative estimate of drug-likeness (QED) is 0.671. The zero-order valence-electron chi connectivity index (χ0n) is 16.4. The molecule has 1 N–H and O–H groups in total. The van der Waals surface area contributed by atoms with Crippen LogP contribution in [0.1, 0.15) is 37.0 Å². The van der Waals surface area contributed by atoms with Gasteiger partial charge in [-0.2, -0.15) is 5.10 Å². The van der Waals surface area contributed by atoms with Crippen LogP contribution in [0.3, 0.4) is 0 Å². The van der Waals surface area contributed by atoms with Crippen LogP contribution in [0.15, 0.2) is 42.5 Å². The number of rotatable bonds is 5. The standard InChI is InChI=1S/C22H25BClN3O/c1-15(18-12-17(24)13-19-20(18)25-26-21(19)23)28-14-22(8-10-27(2)11-9-22)16-6-4-3-5-7-16/h3-7,12-13,15H,8-11,14H2,1-2H3,(H,25,26)/t15-/m1/s1. The molecule has 2 radical (unpaired) electrons. The Kier molecular flexibility index (Phi) is 5.50. The Morgan fingerprint density at radius 1 is 1.25 bits per heavy atom. The summed E-state index contributed by atoms with van der Waals surface area (Å²) in [6.07, 6.45) is 2.03. The lowest BCUT2D eigenvalue weighted by molar-refractivity contribution is 0.00699. The first-order valence-electron chi connectivity index (χ1n) is 9.77. The highest BCUT2D eigenvalue weighted by atomic mass is 35.5. The van der Waals surface area contributed by atoms with Gasteiger partial charge in [0.25, 0.3) is 0 Å². The minimum Gasteiger partial charge on any atom is -0.373 e. The number of aromatic amines is 1. The fraction of sp³-hybridized carbons (Fsp3) is 0.409. The van der Waals surface area contributed by atoms with Gasteiger partial charge in [-0.25, -0.2) is 0 Å². The SMILES string of the molecule is [B]c1[nH]nc2c([C@@H](C)OCC3(c4ccccc4)CCN(C)CC3)cc(Cl)cc12. The maximum Gasteiger partial charge on any atom is 0.141 e. The molecule has 144 valence electrons. The average molecular weight is 394 g/mol. The van der Waals surface area contributed by atoms with E-state index in [1.807, 2.05) is 12.1 Å². The molecule has 28 heavy (non-hydrogen) atoms. The largest absolute Gasteiger partial charge is 0.373 e. The summed E-state index contributed by atoms with van der Waals surface area (Å²) in [5, 5.41) is 8.70. The Labute approximate surface area is 172 Å². The van der Waals surface area contributed by atoms with Crippen LogP contribution < -0.4 is 5.59 Å². The average Bonchev–Trinajstić information content (AvgIpc) is 3.08. The first kappa shape index (κ1) is 19.5. The summed E-state index contributed by atoms with van der Waals surface area (Å²) in [5.41, 5.74) is 3.71. The first-order chi connectivity index (χ1) is 13.5. The van der Waals surface area contributed by atoms with Crippen molar-refractivity contribution in [1.82, 2.24) is 15.1 Å². The molecule has 2 aromatic carbocycles. The van der Waals surface area contributed by atoms with Crippen molar-refractivity contribution in [3.8, 4) is 0 Å². The van der Waals surface area contributed by atoms with Gasteiger partial charge in [0.1, 0.15) is 7.85 Å². The highest BCUT2D eigenvalue weighted by Crippen LogP contribution is 2.37. The second-order valence-electron chi connectivity index (χ2n) is 7.93. The molecule has 2 heterocycles. The molecule has 1 fully saturated rings. The van der Waals surface area contributed by atoms with Gasteiger partial charge < -0.3 is 9.64 Å². The molecule has 0 amide bonds. The van der Waals surface area contributed by atoms with Gasteiger partial charge >= 0.3 is 0 Å². The molecule has 1 aliphatic heterocycles. The second-order valence-corrected chi connectivity index (χ2v) is 8.37. The van der Waals surface area contributed by atoms with Crippen molar-refractivity contribution >= 4 is 35.9 Å². The van der Waals surface area contributed by atoms with Gasteiger partial charge in [-0.1, -0.05) is 41.9 Å². The van der Waals surface area contributed by atoms with Crippen molar-refractivity contribution in [3.05, 3.63) is 58.6 Å². The Hall–Kier alpha value is -1.82. The Bertz CT molecular complexity index is 951. The number of benzene rings is 2. The third-order valence-corrected chi connectivity index (χ3v) is 6.28. The molecule has 6 heteroatoms. The minimum atomic E-state index is -0.135. The Morgan fingerprint density at radius 2 is 1.96 bits per heavy atom. The third-order valence-electron chi connectivity index (χ3n) is 6.06. The van der Waals surface area contributed by atoms with Crippen LogP contribution in [-0.4, -0.2) is 49.7 Å². The summed E-state index contributed by atoms with van der Waals surface area (Å²) in [4.78, 5) is 2.39. The van der Waals surface area contributed by atoms with Crippen LogP contribution in [0, 0.1) is 0 Å². The first-order valence-corrected chi connectivity index (χ1v) is 10.1. The molecule has 1 atom stereocenters. The molecule has 1 aliphatic rings. The Balaban J connectivity index is 1.60. The number of fused-ring (bicyclic) bond motifs is 1. The van der Waals surface area contributed by atoms with Crippen molar-refractivity contribution in [3.63, 3.8) is 0 Å². The van der Waals surface area contributed by atoms with Gasteiger partial charge in [-0.05, 0) is 63.2 Å². The molecule has 0 saturated carbocycles. The minimum absolute atomic E-state index is 0.0321. The zero-order chi connectivity index (χ0) is 19.7. The number of hydrogen-bond acceptors (Lipinski definition) is 3. The van der Waals surface area contributed by atoms with Crippen molar-refractivity contribution in [2.45, 2.75) is 31.3 Å². The summed E-state index contributed by atoms with van der Waals surface area (Å²) < 4.78 is 6.46. The van der Waals surface area contributed by atoms with E-state index in [1.54, 1.807) is 0 Å². The number of hydrogen-bond donors (Lipinski definition) is 1. The predicted molar refractivity (Wildman–Crippen MR) is 116 cm³/mol. The van der Waals surface area contributed by atoms with Crippen LogP contribution in [0.25, 0.3) is 10.9 Å². The van der Waals surface area contributed by atoms with Crippen LogP contribution in [-0.2, 0) is 10.2 Å². The lowest BCUT2D eigenvalue weighted by Crippen LogP contribution is -2.44. The highest BCUT2D eigenvalue weighted by Gasteiger charge is 2.36. The zero-order valence-corrected chi connectivity index (χ0v) is 17.2. The molecule has 3 aromatic rings. The number of nitrogens with one attached hydrogen (secondary N) is 1. The number of piperidine rings is 1. The number of likely N-dealkylation sites (tertiary alicyclic amines) is 1. The highest BCUT2D eigenvalue weighted by molar-refractivity contribution is 6.38. The Morgan fingerprint density at radius 3 is 2.68 bits per heavy atom. The van der Waals surface area contributed by atoms with E-state index in [1.165, 1.54) is 5.56 Å². The van der Waals surface area contributed by atoms with Gasteiger partial charge in [0, 0.05) is 21.4 Å². The van der Waals surface area contributed by atoms with Crippen molar-refractivity contribution in [2.75, 3.05) is 26.7 Å². The monoisotopic (exact) mass is 393 g/mol. The third kappa shape index (κ3) is 3.71. The fourth-order valence-corrected chi connectivity index (χ4v) is 4.39. The summed E-state index contributed by atoms with van der Waals surface area (Å²) in [6.45, 7) is 4.87. The van der Waals surface area contributed by atoms with Crippen LogP contribution in [0.2, 0.25) is 5.02 Å². The summed E-state index contributed by atoms with van der Waals surface area (Å²) in [6, 6.07) is 14.5. The molecule has 0 unspecified atom stereocenters. The molecule has 1 saturated heterocycles. The van der Waals surface area contributed by atoms with Gasteiger partial charge in [0.05, 0.1) is 18.2 Å². The van der Waals surface area contributed by atoms with E-state index < -0.39 is 0 Å². The smallest absolute Gasteiger partial charge is 0.141 e. The second kappa shape index (κ2) is 7.90.